The van der Waals surface area contributed by atoms with Gasteiger partial charge >= 0.3 is 5.56 Å². The number of pyridine rings is 1. The Morgan fingerprint density at radius 1 is 1.20 bits per heavy atom. The van der Waals surface area contributed by atoms with E-state index in [1.54, 1.807) is 10.6 Å². The van der Waals surface area contributed by atoms with Crippen molar-refractivity contribution in [1.82, 2.24) is 14.5 Å². The number of rotatable bonds is 4. The van der Waals surface area contributed by atoms with Gasteiger partial charge in [0.2, 0.25) is 11.6 Å². The molecule has 30 heavy (non-hydrogen) atoms. The molecule has 3 atom stereocenters. The number of para-hydroxylation sites is 1. The van der Waals surface area contributed by atoms with E-state index in [0.717, 1.165) is 28.6 Å². The van der Waals surface area contributed by atoms with E-state index in [-0.39, 0.29) is 23.4 Å². The number of hydrogen-bond donors (Lipinski definition) is 3. The summed E-state index contributed by atoms with van der Waals surface area (Å²) in [5.41, 5.74) is 2.44. The fourth-order valence-electron chi connectivity index (χ4n) is 5.05. The Morgan fingerprint density at radius 2 is 2.03 bits per heavy atom. The summed E-state index contributed by atoms with van der Waals surface area (Å²) in [7, 11) is 0. The van der Waals surface area contributed by atoms with Crippen molar-refractivity contribution in [1.29, 1.82) is 0 Å². The summed E-state index contributed by atoms with van der Waals surface area (Å²) in [6, 6.07) is 11.2. The maximum Gasteiger partial charge on any atom is 0.315 e. The number of nitrogens with one attached hydrogen (secondary N) is 2. The molecule has 4 heterocycles. The van der Waals surface area contributed by atoms with Gasteiger partial charge in [0.1, 0.15) is 0 Å². The number of piperidine rings is 1. The smallest absolute Gasteiger partial charge is 0.315 e. The topological polar surface area (TPSA) is 106 Å². The Balaban J connectivity index is 1.31. The normalized spacial score (nSPS) is 21.5. The zero-order valence-corrected chi connectivity index (χ0v) is 16.5. The lowest BCUT2D eigenvalue weighted by atomic mass is 9.83. The summed E-state index contributed by atoms with van der Waals surface area (Å²) in [5, 5.41) is 20.5. The monoisotopic (exact) mass is 408 g/mol. The van der Waals surface area contributed by atoms with Gasteiger partial charge < -0.3 is 19.7 Å². The molecule has 3 aromatic rings. The zero-order chi connectivity index (χ0) is 20.8. The third-order valence-electron chi connectivity index (χ3n) is 6.47. The van der Waals surface area contributed by atoms with Crippen LogP contribution in [0, 0.1) is 11.1 Å². The number of hydrogen-bond acceptors (Lipinski definition) is 4. The van der Waals surface area contributed by atoms with E-state index in [9.17, 15) is 20.0 Å². The molecule has 1 fully saturated rings. The fourth-order valence-corrected chi connectivity index (χ4v) is 5.05. The highest BCUT2D eigenvalue weighted by atomic mass is 16.8. The van der Waals surface area contributed by atoms with Crippen LogP contribution in [0.15, 0.2) is 47.4 Å². The molecule has 1 amide bonds. The molecule has 3 unspecified atom stereocenters. The molecule has 1 saturated heterocycles. The Morgan fingerprint density at radius 3 is 2.87 bits per heavy atom. The third-order valence-corrected chi connectivity index (χ3v) is 6.47. The maximum absolute atomic E-state index is 13.0. The van der Waals surface area contributed by atoms with Crippen LogP contribution in [-0.2, 0) is 17.8 Å². The maximum atomic E-state index is 13.0. The number of carbonyl (C=O) groups is 1. The fraction of sp³-hybridized carbons (Fsp3) is 0.364. The van der Waals surface area contributed by atoms with E-state index in [0.29, 0.717) is 32.5 Å². The van der Waals surface area contributed by atoms with Crippen LogP contribution in [0.1, 0.15) is 30.0 Å². The van der Waals surface area contributed by atoms with Crippen molar-refractivity contribution in [2.75, 3.05) is 13.1 Å². The molecule has 2 aliphatic heterocycles. The van der Waals surface area contributed by atoms with Crippen LogP contribution in [0.5, 0.6) is 0 Å². The molecule has 1 aromatic carbocycles. The van der Waals surface area contributed by atoms with Crippen molar-refractivity contribution < 1.29 is 15.2 Å². The number of H-pyrrole nitrogens is 1. The van der Waals surface area contributed by atoms with E-state index >= 15 is 0 Å². The summed E-state index contributed by atoms with van der Waals surface area (Å²) in [4.78, 5) is 30.7. The number of aromatic amines is 1. The highest BCUT2D eigenvalue weighted by Crippen LogP contribution is 2.35. The van der Waals surface area contributed by atoms with Gasteiger partial charge in [-0.2, -0.15) is 5.23 Å². The van der Waals surface area contributed by atoms with Crippen LogP contribution in [0.2, 0.25) is 0 Å². The minimum Gasteiger partial charge on any atom is -0.595 e. The molecule has 8 heteroatoms. The van der Waals surface area contributed by atoms with E-state index in [4.69, 9.17) is 0 Å². The number of benzene rings is 1. The number of carbonyl (C=O) groups excluding carboxylic acids is 1. The summed E-state index contributed by atoms with van der Waals surface area (Å²) in [5.74, 6) is 0.382. The first kappa shape index (κ1) is 19.0. The highest BCUT2D eigenvalue weighted by Gasteiger charge is 2.37. The predicted molar refractivity (Wildman–Crippen MR) is 111 cm³/mol. The molecule has 0 aliphatic carbocycles. The van der Waals surface area contributed by atoms with Crippen LogP contribution in [0.4, 0.5) is 5.69 Å². The van der Waals surface area contributed by atoms with Gasteiger partial charge in [0.25, 0.3) is 0 Å². The lowest BCUT2D eigenvalue weighted by Gasteiger charge is -2.43. The number of amides is 1. The minimum atomic E-state index is -1.19. The first-order chi connectivity index (χ1) is 14.5. The Kier molecular flexibility index (Phi) is 4.69. The van der Waals surface area contributed by atoms with Gasteiger partial charge in [0, 0.05) is 60.8 Å². The van der Waals surface area contributed by atoms with Crippen molar-refractivity contribution in [2.24, 2.45) is 5.92 Å². The molecule has 3 N–H and O–H groups in total. The van der Waals surface area contributed by atoms with Gasteiger partial charge in [-0.05, 0) is 36.5 Å². The van der Waals surface area contributed by atoms with Crippen molar-refractivity contribution in [2.45, 2.75) is 31.7 Å². The van der Waals surface area contributed by atoms with Gasteiger partial charge in [-0.25, -0.2) is 5.21 Å². The Bertz CT molecular complexity index is 1170. The molecule has 0 saturated carbocycles. The molecule has 2 aliphatic rings. The molecule has 2 aromatic heterocycles. The second-order valence-corrected chi connectivity index (χ2v) is 8.35. The summed E-state index contributed by atoms with van der Waals surface area (Å²) < 4.78 is 1.61. The minimum absolute atomic E-state index is 0.0742. The third kappa shape index (κ3) is 3.23. The standard InChI is InChI=1S/C22H24N4O4/c27-21(8-5-15-10-23-18-4-2-1-3-17(15)18)24-11-14-9-16(13-24)19-6-7-20(26(29)30)22(28)25(19)12-14/h1-4,6-7,10,14,16,23,26,29H,5,8-9,11-13H2. The Labute approximate surface area is 172 Å². The zero-order valence-electron chi connectivity index (χ0n) is 16.5. The molecule has 5 rings (SSSR count). The van der Waals surface area contributed by atoms with Crippen LogP contribution in [-0.4, -0.2) is 38.7 Å². The van der Waals surface area contributed by atoms with Crippen LogP contribution < -0.4 is 10.8 Å². The molecular formula is C22H24N4O4. The number of aromatic nitrogens is 2. The predicted octanol–water partition coefficient (Wildman–Crippen LogP) is 1.31. The number of likely N-dealkylation sites (tertiary alicyclic amines) is 1. The quantitative estimate of drug-likeness (QED) is 0.566. The molecule has 0 spiro atoms. The summed E-state index contributed by atoms with van der Waals surface area (Å²) in [6.45, 7) is 1.67. The first-order valence-electron chi connectivity index (χ1n) is 10.3. The van der Waals surface area contributed by atoms with Gasteiger partial charge in [-0.3, -0.25) is 9.59 Å². The average Bonchev–Trinajstić information content (AvgIpc) is 3.15. The molecule has 8 nitrogen and oxygen atoms in total. The van der Waals surface area contributed by atoms with Crippen LogP contribution >= 0.6 is 0 Å². The Hall–Kier alpha value is -2.94. The lowest BCUT2D eigenvalue weighted by molar-refractivity contribution is -0.992. The lowest BCUT2D eigenvalue weighted by Crippen LogP contribution is -3.00. The van der Waals surface area contributed by atoms with Crippen molar-refractivity contribution in [3.05, 3.63) is 69.4 Å². The largest absolute Gasteiger partial charge is 0.595 e. The number of aryl methyl sites for hydroxylation is 1. The number of fused-ring (bicyclic) bond motifs is 5. The van der Waals surface area contributed by atoms with E-state index in [1.807, 2.05) is 29.3 Å². The van der Waals surface area contributed by atoms with Gasteiger partial charge in [0.15, 0.2) is 0 Å². The van der Waals surface area contributed by atoms with Crippen molar-refractivity contribution in [3.63, 3.8) is 0 Å². The second kappa shape index (κ2) is 7.39. The van der Waals surface area contributed by atoms with Crippen molar-refractivity contribution >= 4 is 22.5 Å². The first-order valence-corrected chi connectivity index (χ1v) is 10.3. The van der Waals surface area contributed by atoms with Crippen molar-refractivity contribution in [3.8, 4) is 0 Å². The van der Waals surface area contributed by atoms with E-state index in [1.165, 1.54) is 6.07 Å². The number of quaternary nitrogens is 1. The van der Waals surface area contributed by atoms with Gasteiger partial charge in [-0.1, -0.05) is 18.2 Å². The summed E-state index contributed by atoms with van der Waals surface area (Å²) >= 11 is 0. The average molecular weight is 408 g/mol. The highest BCUT2D eigenvalue weighted by molar-refractivity contribution is 5.84. The SMILES string of the molecule is O=C(CCc1c[nH]c2ccccc12)N1CC2CC(C1)c1ccc([NH+]([O-])O)c(=O)n1C2. The van der Waals surface area contributed by atoms with E-state index in [2.05, 4.69) is 11.1 Å². The molecular weight excluding hydrogens is 384 g/mol. The van der Waals surface area contributed by atoms with Gasteiger partial charge in [-0.15, -0.1) is 0 Å². The van der Waals surface area contributed by atoms with Gasteiger partial charge in [0.05, 0.1) is 0 Å². The molecule has 2 bridgehead atoms. The molecule has 156 valence electrons. The van der Waals surface area contributed by atoms with Crippen LogP contribution in [0.3, 0.4) is 0 Å². The molecule has 0 radical (unpaired) electrons. The summed E-state index contributed by atoms with van der Waals surface area (Å²) in [6.07, 6.45) is 4.04. The second-order valence-electron chi connectivity index (χ2n) is 8.35. The van der Waals surface area contributed by atoms with Crippen LogP contribution in [0.25, 0.3) is 10.9 Å². The van der Waals surface area contributed by atoms with E-state index < -0.39 is 10.8 Å². The number of nitrogens with zero attached hydrogens (tertiary/aromatic N) is 2.